The van der Waals surface area contributed by atoms with Crippen LogP contribution in [0.5, 0.6) is 0 Å². The Bertz CT molecular complexity index is 1420. The molecule has 0 unspecified atom stereocenters. The summed E-state index contributed by atoms with van der Waals surface area (Å²) in [5.74, 6) is -0.218. The van der Waals surface area contributed by atoms with Crippen LogP contribution in [-0.2, 0) is 19.1 Å². The van der Waals surface area contributed by atoms with E-state index in [1.165, 1.54) is 12.1 Å². The lowest BCUT2D eigenvalue weighted by Gasteiger charge is -2.30. The zero-order valence-electron chi connectivity index (χ0n) is 17.8. The van der Waals surface area contributed by atoms with Gasteiger partial charge in [0, 0.05) is 29.8 Å². The first kappa shape index (κ1) is 21.7. The van der Waals surface area contributed by atoms with Crippen LogP contribution < -0.4 is 5.73 Å². The van der Waals surface area contributed by atoms with Gasteiger partial charge in [0.2, 0.25) is 0 Å². The van der Waals surface area contributed by atoms with E-state index in [1.807, 2.05) is 6.07 Å². The minimum absolute atomic E-state index is 0.153. The molecule has 4 aromatic rings. The number of aromatic nitrogens is 2. The molecule has 0 spiro atoms. The van der Waals surface area contributed by atoms with Gasteiger partial charge in [-0.1, -0.05) is 30.3 Å². The Labute approximate surface area is 192 Å². The number of hydrogen-bond acceptors (Lipinski definition) is 4. The van der Waals surface area contributed by atoms with E-state index in [9.17, 15) is 22.8 Å². The van der Waals surface area contributed by atoms with Gasteiger partial charge >= 0.3 is 6.18 Å². The molecule has 2 heterocycles. The minimum atomic E-state index is -4.46. The molecule has 3 aromatic carbocycles. The molecule has 0 aliphatic carbocycles. The molecule has 1 aliphatic rings. The van der Waals surface area contributed by atoms with Crippen molar-refractivity contribution < 1.29 is 22.8 Å². The summed E-state index contributed by atoms with van der Waals surface area (Å²) >= 11 is 0. The first-order valence-corrected chi connectivity index (χ1v) is 10.6. The quantitative estimate of drug-likeness (QED) is 0.434. The highest BCUT2D eigenvalue weighted by Crippen LogP contribution is 2.30. The standard InChI is InChI=1S/C25H19F3N4O2/c26-25(27,28)17-7-4-14(5-8-17)22(33)19-3-1-2-16-13-32(11-10-18(16)19)23(34)15-6-9-20-21(12-15)31-24(29)30-20/h1-9,12H,10-11,13H2,(H3,29,30,31). The average molecular weight is 464 g/mol. The fourth-order valence-corrected chi connectivity index (χ4v) is 4.31. The van der Waals surface area contributed by atoms with E-state index in [0.29, 0.717) is 41.7 Å². The summed E-state index contributed by atoms with van der Waals surface area (Å²) in [4.78, 5) is 34.9. The number of nitrogens with two attached hydrogens (primary N) is 1. The summed E-state index contributed by atoms with van der Waals surface area (Å²) < 4.78 is 38.5. The fourth-order valence-electron chi connectivity index (χ4n) is 4.31. The molecule has 1 aromatic heterocycles. The molecule has 0 bridgehead atoms. The van der Waals surface area contributed by atoms with Gasteiger partial charge in [-0.05, 0) is 47.9 Å². The molecule has 172 valence electrons. The topological polar surface area (TPSA) is 92.1 Å². The van der Waals surface area contributed by atoms with Crippen LogP contribution in [0.25, 0.3) is 11.0 Å². The molecule has 6 nitrogen and oxygen atoms in total. The molecule has 3 N–H and O–H groups in total. The number of nitrogens with one attached hydrogen (secondary N) is 1. The van der Waals surface area contributed by atoms with Crippen molar-refractivity contribution in [2.45, 2.75) is 19.1 Å². The second-order valence-corrected chi connectivity index (χ2v) is 8.18. The number of carbonyl (C=O) groups excluding carboxylic acids is 2. The highest BCUT2D eigenvalue weighted by atomic mass is 19.4. The Balaban J connectivity index is 1.38. The van der Waals surface area contributed by atoms with Crippen molar-refractivity contribution >= 4 is 28.7 Å². The number of rotatable bonds is 3. The van der Waals surface area contributed by atoms with Gasteiger partial charge < -0.3 is 15.6 Å². The molecule has 1 amide bonds. The van der Waals surface area contributed by atoms with Gasteiger partial charge in [0.25, 0.3) is 5.91 Å². The fraction of sp³-hybridized carbons (Fsp3) is 0.160. The molecule has 0 fully saturated rings. The summed E-state index contributed by atoms with van der Waals surface area (Å²) in [5, 5.41) is 0. The van der Waals surface area contributed by atoms with Crippen molar-refractivity contribution in [1.82, 2.24) is 14.9 Å². The minimum Gasteiger partial charge on any atom is -0.369 e. The maximum atomic E-state index is 13.1. The smallest absolute Gasteiger partial charge is 0.369 e. The molecule has 0 atom stereocenters. The maximum absolute atomic E-state index is 13.1. The number of amides is 1. The summed E-state index contributed by atoms with van der Waals surface area (Å²) in [6.45, 7) is 0.734. The third-order valence-corrected chi connectivity index (χ3v) is 6.02. The first-order chi connectivity index (χ1) is 16.2. The summed E-state index contributed by atoms with van der Waals surface area (Å²) in [6.07, 6.45) is -4.00. The number of anilines is 1. The zero-order chi connectivity index (χ0) is 24.0. The number of H-pyrrole nitrogens is 1. The van der Waals surface area contributed by atoms with E-state index >= 15 is 0 Å². The number of fused-ring (bicyclic) bond motifs is 2. The number of hydrogen-bond donors (Lipinski definition) is 2. The summed E-state index contributed by atoms with van der Waals surface area (Å²) in [7, 11) is 0. The lowest BCUT2D eigenvalue weighted by atomic mass is 9.90. The third kappa shape index (κ3) is 3.89. The van der Waals surface area contributed by atoms with Crippen molar-refractivity contribution in [3.05, 3.63) is 94.0 Å². The highest BCUT2D eigenvalue weighted by Gasteiger charge is 2.31. The van der Waals surface area contributed by atoms with Gasteiger partial charge in [-0.2, -0.15) is 13.2 Å². The van der Waals surface area contributed by atoms with E-state index in [4.69, 9.17) is 5.73 Å². The van der Waals surface area contributed by atoms with Crippen molar-refractivity contribution in [3.8, 4) is 0 Å². The van der Waals surface area contributed by atoms with Gasteiger partial charge in [-0.25, -0.2) is 4.98 Å². The van der Waals surface area contributed by atoms with Gasteiger partial charge in [0.15, 0.2) is 11.7 Å². The van der Waals surface area contributed by atoms with Crippen LogP contribution in [-0.4, -0.2) is 33.1 Å². The molecule has 9 heteroatoms. The second-order valence-electron chi connectivity index (χ2n) is 8.18. The highest BCUT2D eigenvalue weighted by molar-refractivity contribution is 6.10. The Kier molecular flexibility index (Phi) is 5.11. The maximum Gasteiger partial charge on any atom is 0.416 e. The number of alkyl halides is 3. The molecule has 1 aliphatic heterocycles. The van der Waals surface area contributed by atoms with E-state index in [-0.39, 0.29) is 23.2 Å². The average Bonchev–Trinajstić information content (AvgIpc) is 3.21. The molecular weight excluding hydrogens is 445 g/mol. The molecule has 34 heavy (non-hydrogen) atoms. The van der Waals surface area contributed by atoms with E-state index < -0.39 is 11.7 Å². The normalized spacial score (nSPS) is 13.7. The van der Waals surface area contributed by atoms with Crippen molar-refractivity contribution in [2.75, 3.05) is 12.3 Å². The van der Waals surface area contributed by atoms with Crippen LogP contribution in [0.4, 0.5) is 19.1 Å². The summed E-state index contributed by atoms with van der Waals surface area (Å²) in [5.41, 5.74) is 9.00. The lowest BCUT2D eigenvalue weighted by molar-refractivity contribution is -0.137. The molecule has 0 radical (unpaired) electrons. The predicted molar refractivity (Wildman–Crippen MR) is 120 cm³/mol. The number of nitrogens with zero attached hydrogens (tertiary/aromatic N) is 2. The van der Waals surface area contributed by atoms with Crippen LogP contribution in [0.15, 0.2) is 60.7 Å². The SMILES string of the molecule is Nc1nc2ccc(C(=O)N3CCc4c(cccc4C(=O)c4ccc(C(F)(F)F)cc4)C3)cc2[nH]1. The molecule has 0 saturated heterocycles. The van der Waals surface area contributed by atoms with E-state index in [2.05, 4.69) is 9.97 Å². The van der Waals surface area contributed by atoms with Crippen molar-refractivity contribution in [1.29, 1.82) is 0 Å². The number of benzene rings is 3. The summed E-state index contributed by atoms with van der Waals surface area (Å²) in [6, 6.07) is 14.6. The van der Waals surface area contributed by atoms with Crippen LogP contribution in [0.1, 0.15) is 43.0 Å². The number of halogens is 3. The number of carbonyl (C=O) groups is 2. The van der Waals surface area contributed by atoms with E-state index in [1.54, 1.807) is 35.2 Å². The lowest BCUT2D eigenvalue weighted by Crippen LogP contribution is -2.36. The number of aromatic amines is 1. The van der Waals surface area contributed by atoms with Crippen LogP contribution in [0.2, 0.25) is 0 Å². The second kappa shape index (κ2) is 8.02. The molecular formula is C25H19F3N4O2. The monoisotopic (exact) mass is 464 g/mol. The Morgan fingerprint density at radius 2 is 1.74 bits per heavy atom. The van der Waals surface area contributed by atoms with Crippen LogP contribution >= 0.6 is 0 Å². The largest absolute Gasteiger partial charge is 0.416 e. The van der Waals surface area contributed by atoms with Crippen LogP contribution in [0, 0.1) is 0 Å². The number of imidazole rings is 1. The predicted octanol–water partition coefficient (Wildman–Crippen LogP) is 4.59. The first-order valence-electron chi connectivity index (χ1n) is 10.6. The molecule has 0 saturated carbocycles. The van der Waals surface area contributed by atoms with Crippen molar-refractivity contribution in [3.63, 3.8) is 0 Å². The zero-order valence-corrected chi connectivity index (χ0v) is 17.8. The Morgan fingerprint density at radius 3 is 2.47 bits per heavy atom. The van der Waals surface area contributed by atoms with E-state index in [0.717, 1.165) is 23.3 Å². The van der Waals surface area contributed by atoms with Gasteiger partial charge in [-0.15, -0.1) is 0 Å². The number of nitrogen functional groups attached to an aromatic ring is 1. The van der Waals surface area contributed by atoms with Crippen LogP contribution in [0.3, 0.4) is 0 Å². The van der Waals surface area contributed by atoms with Gasteiger partial charge in [0.05, 0.1) is 16.6 Å². The number of ketones is 1. The Morgan fingerprint density at radius 1 is 1.00 bits per heavy atom. The Hall–Kier alpha value is -4.14. The van der Waals surface area contributed by atoms with Gasteiger partial charge in [-0.3, -0.25) is 9.59 Å². The molecule has 5 rings (SSSR count). The van der Waals surface area contributed by atoms with Crippen molar-refractivity contribution in [2.24, 2.45) is 0 Å². The van der Waals surface area contributed by atoms with Gasteiger partial charge in [0.1, 0.15) is 0 Å². The third-order valence-electron chi connectivity index (χ3n) is 6.02.